The molecular weight excluding hydrogens is 240 g/mol. The van der Waals surface area contributed by atoms with Crippen molar-refractivity contribution in [3.05, 3.63) is 35.4 Å². The maximum absolute atomic E-state index is 11.7. The predicted octanol–water partition coefficient (Wildman–Crippen LogP) is 3.83. The van der Waals surface area contributed by atoms with Crippen LogP contribution in [0, 0.1) is 0 Å². The van der Waals surface area contributed by atoms with Crippen molar-refractivity contribution in [2.75, 3.05) is 13.7 Å². The van der Waals surface area contributed by atoms with Crippen LogP contribution in [-0.2, 0) is 9.53 Å². The zero-order valence-corrected chi connectivity index (χ0v) is 11.9. The fourth-order valence-electron chi connectivity index (χ4n) is 1.64. The van der Waals surface area contributed by atoms with Crippen LogP contribution < -0.4 is 4.74 Å². The topological polar surface area (TPSA) is 35.5 Å². The Morgan fingerprint density at radius 1 is 1.21 bits per heavy atom. The molecule has 0 amide bonds. The molecule has 0 saturated carbocycles. The summed E-state index contributed by atoms with van der Waals surface area (Å²) in [5, 5.41) is 0. The van der Waals surface area contributed by atoms with Gasteiger partial charge in [-0.15, -0.1) is 0 Å². The standard InChI is InChI=1S/C16H22O3/c1-4-5-6-11-19-16(17)13(2)12-14-7-9-15(18-3)10-8-14/h7-10,12H,4-6,11H2,1-3H3/b13-12+. The van der Waals surface area contributed by atoms with Crippen LogP contribution in [0.4, 0.5) is 0 Å². The molecule has 0 atom stereocenters. The Bertz CT molecular complexity index is 418. The molecule has 104 valence electrons. The Morgan fingerprint density at radius 3 is 2.47 bits per heavy atom. The first-order valence-electron chi connectivity index (χ1n) is 6.67. The van der Waals surface area contributed by atoms with Crippen molar-refractivity contribution >= 4 is 12.0 Å². The van der Waals surface area contributed by atoms with Crippen molar-refractivity contribution in [1.82, 2.24) is 0 Å². The fraction of sp³-hybridized carbons (Fsp3) is 0.438. The fourth-order valence-corrected chi connectivity index (χ4v) is 1.64. The van der Waals surface area contributed by atoms with Gasteiger partial charge in [0.1, 0.15) is 5.75 Å². The van der Waals surface area contributed by atoms with Crippen LogP contribution in [0.25, 0.3) is 6.08 Å². The molecule has 0 aromatic heterocycles. The molecule has 3 heteroatoms. The van der Waals surface area contributed by atoms with E-state index in [1.807, 2.05) is 30.3 Å². The molecule has 0 N–H and O–H groups in total. The second kappa shape index (κ2) is 8.35. The van der Waals surface area contributed by atoms with E-state index in [9.17, 15) is 4.79 Å². The van der Waals surface area contributed by atoms with E-state index >= 15 is 0 Å². The number of carbonyl (C=O) groups is 1. The Kier molecular flexibility index (Phi) is 6.72. The number of esters is 1. The lowest BCUT2D eigenvalue weighted by Gasteiger charge is -2.05. The molecule has 1 rings (SSSR count). The number of hydrogen-bond acceptors (Lipinski definition) is 3. The second-order valence-corrected chi connectivity index (χ2v) is 4.44. The van der Waals surface area contributed by atoms with Gasteiger partial charge in [-0.25, -0.2) is 4.79 Å². The summed E-state index contributed by atoms with van der Waals surface area (Å²) in [6.07, 6.45) is 4.96. The highest BCUT2D eigenvalue weighted by Gasteiger charge is 2.05. The first-order chi connectivity index (χ1) is 9.17. The maximum atomic E-state index is 11.7. The van der Waals surface area contributed by atoms with Crippen molar-refractivity contribution in [1.29, 1.82) is 0 Å². The quantitative estimate of drug-likeness (QED) is 0.425. The minimum Gasteiger partial charge on any atom is -0.497 e. The number of methoxy groups -OCH3 is 1. The van der Waals surface area contributed by atoms with Crippen LogP contribution in [0.1, 0.15) is 38.7 Å². The Hall–Kier alpha value is -1.77. The molecule has 0 bridgehead atoms. The Labute approximate surface area is 115 Å². The van der Waals surface area contributed by atoms with Gasteiger partial charge in [0.25, 0.3) is 0 Å². The minimum absolute atomic E-state index is 0.244. The molecule has 0 spiro atoms. The Morgan fingerprint density at radius 2 is 1.89 bits per heavy atom. The largest absolute Gasteiger partial charge is 0.497 e. The summed E-state index contributed by atoms with van der Waals surface area (Å²) in [5.74, 6) is 0.559. The summed E-state index contributed by atoms with van der Waals surface area (Å²) in [7, 11) is 1.63. The van der Waals surface area contributed by atoms with E-state index in [2.05, 4.69) is 6.92 Å². The molecule has 0 unspecified atom stereocenters. The van der Waals surface area contributed by atoms with Crippen molar-refractivity contribution in [3.63, 3.8) is 0 Å². The lowest BCUT2D eigenvalue weighted by atomic mass is 10.1. The van der Waals surface area contributed by atoms with Crippen LogP contribution in [0.3, 0.4) is 0 Å². The summed E-state index contributed by atoms with van der Waals surface area (Å²) in [6, 6.07) is 7.55. The third-order valence-electron chi connectivity index (χ3n) is 2.80. The normalized spacial score (nSPS) is 11.2. The average Bonchev–Trinajstić information content (AvgIpc) is 2.44. The first-order valence-corrected chi connectivity index (χ1v) is 6.67. The van der Waals surface area contributed by atoms with E-state index in [1.165, 1.54) is 0 Å². The summed E-state index contributed by atoms with van der Waals surface area (Å²) < 4.78 is 10.3. The van der Waals surface area contributed by atoms with Crippen molar-refractivity contribution in [2.24, 2.45) is 0 Å². The lowest BCUT2D eigenvalue weighted by molar-refractivity contribution is -0.139. The molecule has 0 aliphatic rings. The van der Waals surface area contributed by atoms with Gasteiger partial charge < -0.3 is 9.47 Å². The number of carbonyl (C=O) groups excluding carboxylic acids is 1. The highest BCUT2D eigenvalue weighted by Crippen LogP contribution is 2.14. The third kappa shape index (κ3) is 5.60. The molecule has 1 aromatic carbocycles. The highest BCUT2D eigenvalue weighted by atomic mass is 16.5. The van der Waals surface area contributed by atoms with Crippen LogP contribution in [0.5, 0.6) is 5.75 Å². The number of unbranched alkanes of at least 4 members (excludes halogenated alkanes) is 2. The van der Waals surface area contributed by atoms with E-state index in [1.54, 1.807) is 14.0 Å². The van der Waals surface area contributed by atoms with Gasteiger partial charge in [-0.05, 0) is 37.1 Å². The molecule has 19 heavy (non-hydrogen) atoms. The van der Waals surface area contributed by atoms with Gasteiger partial charge in [0.15, 0.2) is 0 Å². The molecule has 0 fully saturated rings. The van der Waals surface area contributed by atoms with Gasteiger partial charge in [-0.3, -0.25) is 0 Å². The zero-order valence-electron chi connectivity index (χ0n) is 11.9. The lowest BCUT2D eigenvalue weighted by Crippen LogP contribution is -2.06. The molecule has 0 radical (unpaired) electrons. The molecular formula is C16H22O3. The number of benzene rings is 1. The van der Waals surface area contributed by atoms with Crippen molar-refractivity contribution in [3.8, 4) is 5.75 Å². The van der Waals surface area contributed by atoms with Gasteiger partial charge in [-0.1, -0.05) is 31.9 Å². The zero-order chi connectivity index (χ0) is 14.1. The molecule has 3 nitrogen and oxygen atoms in total. The van der Waals surface area contributed by atoms with Crippen LogP contribution >= 0.6 is 0 Å². The van der Waals surface area contributed by atoms with Crippen LogP contribution in [0.15, 0.2) is 29.8 Å². The van der Waals surface area contributed by atoms with Crippen LogP contribution in [-0.4, -0.2) is 19.7 Å². The average molecular weight is 262 g/mol. The van der Waals surface area contributed by atoms with Gasteiger partial charge in [-0.2, -0.15) is 0 Å². The predicted molar refractivity (Wildman–Crippen MR) is 77.1 cm³/mol. The van der Waals surface area contributed by atoms with Crippen molar-refractivity contribution in [2.45, 2.75) is 33.1 Å². The summed E-state index contributed by atoms with van der Waals surface area (Å²) >= 11 is 0. The first kappa shape index (κ1) is 15.3. The number of hydrogen-bond donors (Lipinski definition) is 0. The monoisotopic (exact) mass is 262 g/mol. The van der Waals surface area contributed by atoms with E-state index < -0.39 is 0 Å². The Balaban J connectivity index is 2.52. The second-order valence-electron chi connectivity index (χ2n) is 4.44. The molecule has 0 aliphatic carbocycles. The highest BCUT2D eigenvalue weighted by molar-refractivity contribution is 5.92. The summed E-state index contributed by atoms with van der Waals surface area (Å²) in [6.45, 7) is 4.39. The maximum Gasteiger partial charge on any atom is 0.333 e. The van der Waals surface area contributed by atoms with E-state index in [0.29, 0.717) is 12.2 Å². The van der Waals surface area contributed by atoms with Gasteiger partial charge in [0.05, 0.1) is 13.7 Å². The SMILES string of the molecule is CCCCCOC(=O)/C(C)=C/c1ccc(OC)cc1. The van der Waals surface area contributed by atoms with Gasteiger partial charge >= 0.3 is 5.97 Å². The number of ether oxygens (including phenoxy) is 2. The van der Waals surface area contributed by atoms with E-state index in [4.69, 9.17) is 9.47 Å². The molecule has 0 aliphatic heterocycles. The van der Waals surface area contributed by atoms with E-state index in [0.717, 1.165) is 30.6 Å². The summed E-state index contributed by atoms with van der Waals surface area (Å²) in [5.41, 5.74) is 1.57. The van der Waals surface area contributed by atoms with Crippen LogP contribution in [0.2, 0.25) is 0 Å². The smallest absolute Gasteiger partial charge is 0.333 e. The minimum atomic E-state index is -0.244. The molecule has 1 aromatic rings. The summed E-state index contributed by atoms with van der Waals surface area (Å²) in [4.78, 5) is 11.7. The number of rotatable bonds is 7. The van der Waals surface area contributed by atoms with Gasteiger partial charge in [0.2, 0.25) is 0 Å². The van der Waals surface area contributed by atoms with Crippen molar-refractivity contribution < 1.29 is 14.3 Å². The molecule has 0 heterocycles. The van der Waals surface area contributed by atoms with Gasteiger partial charge in [0, 0.05) is 5.57 Å². The third-order valence-corrected chi connectivity index (χ3v) is 2.80. The van der Waals surface area contributed by atoms with E-state index in [-0.39, 0.29) is 5.97 Å². The molecule has 0 saturated heterocycles.